The highest BCUT2D eigenvalue weighted by Gasteiger charge is 2.36. The van der Waals surface area contributed by atoms with Crippen molar-refractivity contribution in [3.63, 3.8) is 0 Å². The lowest BCUT2D eigenvalue weighted by Gasteiger charge is -2.20. The smallest absolute Gasteiger partial charge is 0.305 e. The Morgan fingerprint density at radius 2 is 1.29 bits per heavy atom. The molecular weight excluding hydrogens is 442 g/mol. The molecule has 1 rings (SSSR count). The maximum Gasteiger partial charge on any atom is 0.305 e. The Hall–Kier alpha value is -1.98. The molecule has 0 aliphatic heterocycles. The maximum absolute atomic E-state index is 12.8. The molecule has 1 N–H and O–H groups in total. The van der Waals surface area contributed by atoms with Crippen LogP contribution in [0.4, 0.5) is 0 Å². The van der Waals surface area contributed by atoms with Crippen LogP contribution < -0.4 is 5.32 Å². The van der Waals surface area contributed by atoms with Gasteiger partial charge in [-0.15, -0.1) is 0 Å². The van der Waals surface area contributed by atoms with E-state index in [1.165, 1.54) is 51.4 Å². The number of rotatable bonds is 22. The van der Waals surface area contributed by atoms with Crippen LogP contribution >= 0.6 is 0 Å². The Kier molecular flexibility index (Phi) is 18.0. The molecule has 0 fully saturated rings. The van der Waals surface area contributed by atoms with Gasteiger partial charge in [0.1, 0.15) is 0 Å². The molecule has 0 heterocycles. The third kappa shape index (κ3) is 14.2. The summed E-state index contributed by atoms with van der Waals surface area (Å²) in [6.07, 6.45) is 19.7. The van der Waals surface area contributed by atoms with Crippen LogP contribution in [0.2, 0.25) is 0 Å². The SMILES string of the molecule is CCCCCCCCCCCCCC1C(=O)C(=O)C=C(NCCCC(=O)OCCCCCC)C1=O. The fourth-order valence-corrected chi connectivity index (χ4v) is 4.41. The van der Waals surface area contributed by atoms with Gasteiger partial charge < -0.3 is 10.1 Å². The highest BCUT2D eigenvalue weighted by Crippen LogP contribution is 2.21. The van der Waals surface area contributed by atoms with Gasteiger partial charge in [0.05, 0.1) is 18.2 Å². The fraction of sp³-hybridized carbons (Fsp3) is 0.793. The molecule has 0 aromatic carbocycles. The second-order valence-corrected chi connectivity index (χ2v) is 9.84. The van der Waals surface area contributed by atoms with E-state index in [9.17, 15) is 19.2 Å². The minimum absolute atomic E-state index is 0.204. The van der Waals surface area contributed by atoms with Crippen molar-refractivity contribution in [1.82, 2.24) is 5.32 Å². The average molecular weight is 492 g/mol. The first-order valence-corrected chi connectivity index (χ1v) is 14.2. The fourth-order valence-electron chi connectivity index (χ4n) is 4.41. The van der Waals surface area contributed by atoms with Gasteiger partial charge in [-0.2, -0.15) is 0 Å². The molecule has 0 aromatic rings. The Balaban J connectivity index is 2.21. The van der Waals surface area contributed by atoms with E-state index in [4.69, 9.17) is 4.74 Å². The minimum atomic E-state index is -0.860. The van der Waals surface area contributed by atoms with E-state index in [1.807, 2.05) is 0 Å². The first kappa shape index (κ1) is 31.1. The van der Waals surface area contributed by atoms with Gasteiger partial charge >= 0.3 is 5.97 Å². The van der Waals surface area contributed by atoms with Gasteiger partial charge in [0.15, 0.2) is 5.78 Å². The Morgan fingerprint density at radius 1 is 0.743 bits per heavy atom. The molecule has 35 heavy (non-hydrogen) atoms. The van der Waals surface area contributed by atoms with Gasteiger partial charge in [0.25, 0.3) is 0 Å². The lowest BCUT2D eigenvalue weighted by atomic mass is 9.84. The predicted molar refractivity (Wildman–Crippen MR) is 140 cm³/mol. The van der Waals surface area contributed by atoms with E-state index in [0.717, 1.165) is 51.0 Å². The van der Waals surface area contributed by atoms with Gasteiger partial charge in [0, 0.05) is 19.0 Å². The number of hydrogen-bond donors (Lipinski definition) is 1. The normalized spacial score (nSPS) is 15.9. The first-order chi connectivity index (χ1) is 17.0. The Labute approximate surface area is 213 Å². The number of ketones is 3. The Bertz CT molecular complexity index is 670. The third-order valence-corrected chi connectivity index (χ3v) is 6.65. The molecule has 6 heteroatoms. The van der Waals surface area contributed by atoms with E-state index in [-0.39, 0.29) is 23.9 Å². The van der Waals surface area contributed by atoms with Crippen LogP contribution in [0.15, 0.2) is 11.8 Å². The van der Waals surface area contributed by atoms with Gasteiger partial charge in [0.2, 0.25) is 11.6 Å². The zero-order valence-corrected chi connectivity index (χ0v) is 22.3. The van der Waals surface area contributed by atoms with Crippen LogP contribution in [0.1, 0.15) is 129 Å². The second-order valence-electron chi connectivity index (χ2n) is 9.84. The summed E-state index contributed by atoms with van der Waals surface area (Å²) in [4.78, 5) is 48.9. The van der Waals surface area contributed by atoms with Gasteiger partial charge in [-0.1, -0.05) is 104 Å². The average Bonchev–Trinajstić information content (AvgIpc) is 2.85. The van der Waals surface area contributed by atoms with E-state index >= 15 is 0 Å². The van der Waals surface area contributed by atoms with E-state index < -0.39 is 17.5 Å². The van der Waals surface area contributed by atoms with Crippen molar-refractivity contribution >= 4 is 23.3 Å². The molecule has 1 unspecified atom stereocenters. The topological polar surface area (TPSA) is 89.5 Å². The number of allylic oxidation sites excluding steroid dienone is 2. The zero-order valence-electron chi connectivity index (χ0n) is 22.3. The van der Waals surface area contributed by atoms with E-state index in [0.29, 0.717) is 26.0 Å². The van der Waals surface area contributed by atoms with Crippen molar-refractivity contribution in [2.45, 2.75) is 129 Å². The number of nitrogens with one attached hydrogen (secondary N) is 1. The summed E-state index contributed by atoms with van der Waals surface area (Å²) in [5.41, 5.74) is 0.204. The molecule has 0 saturated heterocycles. The van der Waals surface area contributed by atoms with E-state index in [1.54, 1.807) is 0 Å². The Morgan fingerprint density at radius 3 is 1.89 bits per heavy atom. The number of carbonyl (C=O) groups excluding carboxylic acids is 4. The molecule has 0 spiro atoms. The molecule has 200 valence electrons. The molecule has 0 aromatic heterocycles. The summed E-state index contributed by atoms with van der Waals surface area (Å²) in [6.45, 7) is 5.20. The predicted octanol–water partition coefficient (Wildman–Crippen LogP) is 6.40. The molecule has 6 nitrogen and oxygen atoms in total. The molecule has 1 atom stereocenters. The summed E-state index contributed by atoms with van der Waals surface area (Å²) in [5.74, 6) is -2.58. The van der Waals surface area contributed by atoms with Crippen molar-refractivity contribution in [3.8, 4) is 0 Å². The summed E-state index contributed by atoms with van der Waals surface area (Å²) in [5, 5.41) is 2.97. The lowest BCUT2D eigenvalue weighted by molar-refractivity contribution is -0.143. The molecule has 1 aliphatic carbocycles. The lowest BCUT2D eigenvalue weighted by Crippen LogP contribution is -2.39. The molecular formula is C29H49NO5. The summed E-state index contributed by atoms with van der Waals surface area (Å²) in [7, 11) is 0. The van der Waals surface area contributed by atoms with Gasteiger partial charge in [-0.25, -0.2) is 0 Å². The van der Waals surface area contributed by atoms with Crippen molar-refractivity contribution in [3.05, 3.63) is 11.8 Å². The van der Waals surface area contributed by atoms with Gasteiger partial charge in [-0.3, -0.25) is 19.2 Å². The van der Waals surface area contributed by atoms with Crippen LogP contribution in [-0.4, -0.2) is 36.5 Å². The summed E-state index contributed by atoms with van der Waals surface area (Å²) < 4.78 is 5.21. The quantitative estimate of drug-likeness (QED) is 0.0815. The number of unbranched alkanes of at least 4 members (excludes halogenated alkanes) is 13. The summed E-state index contributed by atoms with van der Waals surface area (Å²) in [6, 6.07) is 0. The largest absolute Gasteiger partial charge is 0.466 e. The van der Waals surface area contributed by atoms with Crippen molar-refractivity contribution in [2.75, 3.05) is 13.2 Å². The van der Waals surface area contributed by atoms with Crippen molar-refractivity contribution < 1.29 is 23.9 Å². The van der Waals surface area contributed by atoms with Crippen LogP contribution in [0.25, 0.3) is 0 Å². The number of carbonyl (C=O) groups is 4. The highest BCUT2D eigenvalue weighted by molar-refractivity contribution is 6.49. The highest BCUT2D eigenvalue weighted by atomic mass is 16.5. The standard InChI is InChI=1S/C29H49NO5/c1-3-5-7-9-10-11-12-13-14-15-16-19-24-28(33)25(23-26(31)29(24)34)30-21-18-20-27(32)35-22-17-8-6-4-2/h23-24,30H,3-22H2,1-2H3. The van der Waals surface area contributed by atoms with E-state index in [2.05, 4.69) is 19.2 Å². The summed E-state index contributed by atoms with van der Waals surface area (Å²) >= 11 is 0. The number of hydrogen-bond acceptors (Lipinski definition) is 6. The molecule has 0 amide bonds. The van der Waals surface area contributed by atoms with Crippen LogP contribution in [0.3, 0.4) is 0 Å². The number of ether oxygens (including phenoxy) is 1. The number of Topliss-reactive ketones (excluding diaryl/α,β-unsaturated/α-hetero) is 2. The number of esters is 1. The van der Waals surface area contributed by atoms with Crippen LogP contribution in [0.5, 0.6) is 0 Å². The van der Waals surface area contributed by atoms with Crippen LogP contribution in [-0.2, 0) is 23.9 Å². The molecule has 0 radical (unpaired) electrons. The van der Waals surface area contributed by atoms with Gasteiger partial charge in [-0.05, 0) is 19.3 Å². The first-order valence-electron chi connectivity index (χ1n) is 14.2. The maximum atomic E-state index is 12.8. The molecule has 0 bridgehead atoms. The van der Waals surface area contributed by atoms with Crippen molar-refractivity contribution in [2.24, 2.45) is 5.92 Å². The molecule has 0 saturated carbocycles. The molecule has 1 aliphatic rings. The second kappa shape index (κ2) is 20.2. The monoisotopic (exact) mass is 491 g/mol. The van der Waals surface area contributed by atoms with Crippen LogP contribution in [0, 0.1) is 5.92 Å². The zero-order chi connectivity index (χ0) is 25.7. The minimum Gasteiger partial charge on any atom is -0.466 e. The van der Waals surface area contributed by atoms with Crippen molar-refractivity contribution in [1.29, 1.82) is 0 Å². The third-order valence-electron chi connectivity index (χ3n) is 6.65.